The molecular formula is C8H17NO4S. The SMILES string of the molecule is CCOC(=O)C(N)CCS(=O)(=O)CC. The van der Waals surface area contributed by atoms with Gasteiger partial charge < -0.3 is 10.5 Å². The zero-order valence-corrected chi connectivity index (χ0v) is 9.34. The highest BCUT2D eigenvalue weighted by molar-refractivity contribution is 7.91. The number of ether oxygens (including phenoxy) is 1. The van der Waals surface area contributed by atoms with Crippen LogP contribution in [0.2, 0.25) is 0 Å². The zero-order valence-electron chi connectivity index (χ0n) is 8.52. The molecule has 0 rings (SSSR count). The van der Waals surface area contributed by atoms with E-state index in [0.717, 1.165) is 0 Å². The van der Waals surface area contributed by atoms with Gasteiger partial charge in [-0.25, -0.2) is 8.42 Å². The Morgan fingerprint density at radius 1 is 1.43 bits per heavy atom. The van der Waals surface area contributed by atoms with Crippen molar-refractivity contribution in [2.24, 2.45) is 5.73 Å². The molecule has 1 atom stereocenters. The van der Waals surface area contributed by atoms with Gasteiger partial charge in [0.25, 0.3) is 0 Å². The maximum absolute atomic E-state index is 11.1. The van der Waals surface area contributed by atoms with Crippen LogP contribution in [0.1, 0.15) is 20.3 Å². The van der Waals surface area contributed by atoms with Crippen molar-refractivity contribution < 1.29 is 17.9 Å². The van der Waals surface area contributed by atoms with Crippen molar-refractivity contribution in [3.8, 4) is 0 Å². The van der Waals surface area contributed by atoms with Crippen LogP contribution in [-0.2, 0) is 19.4 Å². The van der Waals surface area contributed by atoms with Crippen LogP contribution in [0, 0.1) is 0 Å². The summed E-state index contributed by atoms with van der Waals surface area (Å²) in [4.78, 5) is 11.0. The highest BCUT2D eigenvalue weighted by atomic mass is 32.2. The second-order valence-corrected chi connectivity index (χ2v) is 5.36. The van der Waals surface area contributed by atoms with E-state index in [1.165, 1.54) is 0 Å². The summed E-state index contributed by atoms with van der Waals surface area (Å²) in [6.45, 7) is 3.49. The number of carbonyl (C=O) groups is 1. The molecule has 0 aliphatic rings. The molecule has 0 saturated heterocycles. The molecule has 0 aliphatic carbocycles. The summed E-state index contributed by atoms with van der Waals surface area (Å²) < 4.78 is 26.8. The molecule has 2 N–H and O–H groups in total. The number of hydrogen-bond donors (Lipinski definition) is 1. The molecule has 5 nitrogen and oxygen atoms in total. The summed E-state index contributed by atoms with van der Waals surface area (Å²) in [7, 11) is -3.05. The fourth-order valence-corrected chi connectivity index (χ4v) is 1.72. The molecule has 6 heteroatoms. The molecule has 0 amide bonds. The van der Waals surface area contributed by atoms with Gasteiger partial charge in [-0.3, -0.25) is 4.79 Å². The largest absolute Gasteiger partial charge is 0.465 e. The van der Waals surface area contributed by atoms with Crippen molar-refractivity contribution in [1.29, 1.82) is 0 Å². The van der Waals surface area contributed by atoms with Crippen molar-refractivity contribution in [1.82, 2.24) is 0 Å². The van der Waals surface area contributed by atoms with Crippen molar-refractivity contribution in [3.05, 3.63) is 0 Å². The Balaban J connectivity index is 3.96. The summed E-state index contributed by atoms with van der Waals surface area (Å²) in [5.41, 5.74) is 5.43. The molecule has 0 bridgehead atoms. The number of esters is 1. The summed E-state index contributed by atoms with van der Waals surface area (Å²) in [6, 6.07) is -0.837. The summed E-state index contributed by atoms with van der Waals surface area (Å²) in [5.74, 6) is -0.537. The van der Waals surface area contributed by atoms with E-state index in [-0.39, 0.29) is 24.5 Å². The second-order valence-electron chi connectivity index (χ2n) is 2.88. The van der Waals surface area contributed by atoms with E-state index in [1.54, 1.807) is 13.8 Å². The molecule has 0 spiro atoms. The first-order valence-corrected chi connectivity index (χ1v) is 6.37. The van der Waals surface area contributed by atoms with E-state index in [4.69, 9.17) is 5.73 Å². The van der Waals surface area contributed by atoms with E-state index in [1.807, 2.05) is 0 Å². The molecule has 0 radical (unpaired) electrons. The molecule has 84 valence electrons. The van der Waals surface area contributed by atoms with Crippen molar-refractivity contribution in [2.45, 2.75) is 26.3 Å². The zero-order chi connectivity index (χ0) is 11.2. The first-order chi connectivity index (χ1) is 6.43. The predicted octanol–water partition coefficient (Wildman–Crippen LogP) is -0.298. The maximum atomic E-state index is 11.1. The van der Waals surface area contributed by atoms with Crippen LogP contribution in [0.25, 0.3) is 0 Å². The first kappa shape index (κ1) is 13.4. The van der Waals surface area contributed by atoms with E-state index in [0.29, 0.717) is 0 Å². The van der Waals surface area contributed by atoms with E-state index < -0.39 is 21.8 Å². The van der Waals surface area contributed by atoms with Crippen molar-refractivity contribution in [3.63, 3.8) is 0 Å². The quantitative estimate of drug-likeness (QED) is 0.625. The van der Waals surface area contributed by atoms with Crippen LogP contribution in [0.5, 0.6) is 0 Å². The van der Waals surface area contributed by atoms with Gasteiger partial charge in [0.15, 0.2) is 0 Å². The fourth-order valence-electron chi connectivity index (χ4n) is 0.818. The molecule has 0 saturated carbocycles. The summed E-state index contributed by atoms with van der Waals surface area (Å²) in [5, 5.41) is 0. The number of sulfone groups is 1. The molecule has 0 aromatic carbocycles. The smallest absolute Gasteiger partial charge is 0.322 e. The van der Waals surface area contributed by atoms with Gasteiger partial charge in [0, 0.05) is 5.75 Å². The minimum absolute atomic E-state index is 0.0660. The minimum atomic E-state index is -3.05. The van der Waals surface area contributed by atoms with Crippen LogP contribution >= 0.6 is 0 Å². The average molecular weight is 223 g/mol. The Hall–Kier alpha value is -0.620. The van der Waals surface area contributed by atoms with Crippen molar-refractivity contribution >= 4 is 15.8 Å². The monoisotopic (exact) mass is 223 g/mol. The Morgan fingerprint density at radius 3 is 2.43 bits per heavy atom. The third kappa shape index (κ3) is 5.18. The normalized spacial score (nSPS) is 13.6. The molecular weight excluding hydrogens is 206 g/mol. The molecule has 0 aliphatic heterocycles. The highest BCUT2D eigenvalue weighted by Crippen LogP contribution is 1.98. The Kier molecular flexibility index (Phi) is 5.71. The molecule has 1 unspecified atom stereocenters. The third-order valence-electron chi connectivity index (χ3n) is 1.77. The lowest BCUT2D eigenvalue weighted by Crippen LogP contribution is -2.34. The minimum Gasteiger partial charge on any atom is -0.465 e. The lowest BCUT2D eigenvalue weighted by molar-refractivity contribution is -0.144. The summed E-state index contributed by atoms with van der Waals surface area (Å²) >= 11 is 0. The van der Waals surface area contributed by atoms with Gasteiger partial charge >= 0.3 is 5.97 Å². The Bertz CT molecular complexity index is 273. The van der Waals surface area contributed by atoms with Gasteiger partial charge in [-0.15, -0.1) is 0 Å². The summed E-state index contributed by atoms with van der Waals surface area (Å²) in [6.07, 6.45) is 0.120. The van der Waals surface area contributed by atoms with Gasteiger partial charge in [-0.2, -0.15) is 0 Å². The third-order valence-corrected chi connectivity index (χ3v) is 3.51. The number of nitrogens with two attached hydrogens (primary N) is 1. The maximum Gasteiger partial charge on any atom is 0.322 e. The van der Waals surface area contributed by atoms with Gasteiger partial charge in [0.1, 0.15) is 15.9 Å². The van der Waals surface area contributed by atoms with Crippen LogP contribution in [-0.4, -0.2) is 38.5 Å². The molecule has 0 heterocycles. The highest BCUT2D eigenvalue weighted by Gasteiger charge is 2.17. The molecule has 0 aromatic rings. The molecule has 0 fully saturated rings. The van der Waals surface area contributed by atoms with Gasteiger partial charge in [0.05, 0.1) is 12.4 Å². The van der Waals surface area contributed by atoms with E-state index in [9.17, 15) is 13.2 Å². The Labute approximate surface area is 84.5 Å². The van der Waals surface area contributed by atoms with Crippen molar-refractivity contribution in [2.75, 3.05) is 18.1 Å². The van der Waals surface area contributed by atoms with Gasteiger partial charge in [-0.1, -0.05) is 6.92 Å². The second kappa shape index (κ2) is 5.98. The van der Waals surface area contributed by atoms with Gasteiger partial charge in [-0.05, 0) is 13.3 Å². The molecule has 14 heavy (non-hydrogen) atoms. The topological polar surface area (TPSA) is 86.5 Å². The van der Waals surface area contributed by atoms with E-state index >= 15 is 0 Å². The number of carbonyl (C=O) groups excluding carboxylic acids is 1. The van der Waals surface area contributed by atoms with Gasteiger partial charge in [0.2, 0.25) is 0 Å². The lowest BCUT2D eigenvalue weighted by Gasteiger charge is -2.09. The van der Waals surface area contributed by atoms with E-state index in [2.05, 4.69) is 4.74 Å². The number of hydrogen-bond acceptors (Lipinski definition) is 5. The molecule has 0 aromatic heterocycles. The fraction of sp³-hybridized carbons (Fsp3) is 0.875. The predicted molar refractivity (Wildman–Crippen MR) is 53.6 cm³/mol. The Morgan fingerprint density at radius 2 is 2.00 bits per heavy atom. The average Bonchev–Trinajstić information content (AvgIpc) is 2.15. The van der Waals surface area contributed by atoms with Crippen LogP contribution in [0.3, 0.4) is 0 Å². The van der Waals surface area contributed by atoms with Crippen LogP contribution in [0.15, 0.2) is 0 Å². The van der Waals surface area contributed by atoms with Crippen LogP contribution < -0.4 is 5.73 Å². The van der Waals surface area contributed by atoms with Crippen LogP contribution in [0.4, 0.5) is 0 Å². The lowest BCUT2D eigenvalue weighted by atomic mass is 10.2. The first-order valence-electron chi connectivity index (χ1n) is 4.55. The number of rotatable bonds is 6. The standard InChI is InChI=1S/C8H17NO4S/c1-3-13-8(10)7(9)5-6-14(11,12)4-2/h7H,3-6,9H2,1-2H3.